The van der Waals surface area contributed by atoms with Crippen molar-refractivity contribution in [3.63, 3.8) is 0 Å². The normalized spacial score (nSPS) is 10.8. The van der Waals surface area contributed by atoms with E-state index in [-0.39, 0.29) is 17.3 Å². The number of para-hydroxylation sites is 1. The topological polar surface area (TPSA) is 106 Å². The molecule has 0 atom stereocenters. The van der Waals surface area contributed by atoms with Crippen LogP contribution in [-0.2, 0) is 0 Å². The summed E-state index contributed by atoms with van der Waals surface area (Å²) in [5.74, 6) is 0.212. The number of nitrogens with one attached hydrogen (secondary N) is 2. The number of benzene rings is 2. The van der Waals surface area contributed by atoms with Crippen LogP contribution in [0.1, 0.15) is 11.1 Å². The molecule has 0 bridgehead atoms. The summed E-state index contributed by atoms with van der Waals surface area (Å²) in [6, 6.07) is 13.4. The van der Waals surface area contributed by atoms with E-state index < -0.39 is 4.92 Å². The number of thiazole rings is 1. The van der Waals surface area contributed by atoms with E-state index in [9.17, 15) is 10.1 Å². The Morgan fingerprint density at radius 3 is 2.50 bits per heavy atom. The summed E-state index contributed by atoms with van der Waals surface area (Å²) in [6.45, 7) is 3.93. The first-order valence-electron chi connectivity index (χ1n) is 8.48. The predicted molar refractivity (Wildman–Crippen MR) is 111 cm³/mol. The number of nitrogens with zero attached hydrogens (tertiary/aromatic N) is 4. The molecule has 2 aromatic heterocycles. The molecule has 2 heterocycles. The van der Waals surface area contributed by atoms with E-state index in [1.54, 1.807) is 0 Å². The third kappa shape index (κ3) is 3.35. The standard InChI is InChI=1S/C19H16N6O2S/c1-11-6-5-8-13(12(11)2)22-17-16(25(26)27)18(21-10-20-17)24-19-23-14-7-3-4-9-15(14)28-19/h3-10H,1-2H3,(H2,20,21,22,23,24). The second kappa shape index (κ2) is 7.20. The highest BCUT2D eigenvalue weighted by Gasteiger charge is 2.24. The molecule has 4 rings (SSSR count). The van der Waals surface area contributed by atoms with Crippen LogP contribution in [0.25, 0.3) is 10.2 Å². The van der Waals surface area contributed by atoms with E-state index >= 15 is 0 Å². The van der Waals surface area contributed by atoms with Crippen LogP contribution in [0.3, 0.4) is 0 Å². The number of rotatable bonds is 5. The van der Waals surface area contributed by atoms with E-state index in [0.717, 1.165) is 27.0 Å². The fourth-order valence-corrected chi connectivity index (χ4v) is 3.64. The summed E-state index contributed by atoms with van der Waals surface area (Å²) in [7, 11) is 0. The summed E-state index contributed by atoms with van der Waals surface area (Å²) in [5.41, 5.74) is 3.42. The molecular weight excluding hydrogens is 376 g/mol. The van der Waals surface area contributed by atoms with Gasteiger partial charge in [-0.3, -0.25) is 10.1 Å². The lowest BCUT2D eigenvalue weighted by molar-refractivity contribution is -0.383. The number of hydrogen-bond donors (Lipinski definition) is 2. The molecule has 0 amide bonds. The molecule has 4 aromatic rings. The van der Waals surface area contributed by atoms with Gasteiger partial charge in [-0.25, -0.2) is 15.0 Å². The Morgan fingerprint density at radius 2 is 1.75 bits per heavy atom. The molecule has 0 aliphatic rings. The molecule has 28 heavy (non-hydrogen) atoms. The van der Waals surface area contributed by atoms with E-state index in [2.05, 4.69) is 25.6 Å². The Morgan fingerprint density at radius 1 is 1.00 bits per heavy atom. The largest absolute Gasteiger partial charge is 0.353 e. The number of anilines is 4. The van der Waals surface area contributed by atoms with Crippen LogP contribution in [0.5, 0.6) is 0 Å². The summed E-state index contributed by atoms with van der Waals surface area (Å²) in [4.78, 5) is 23.9. The molecule has 0 saturated heterocycles. The van der Waals surface area contributed by atoms with Gasteiger partial charge in [-0.05, 0) is 43.2 Å². The lowest BCUT2D eigenvalue weighted by atomic mass is 10.1. The van der Waals surface area contributed by atoms with Gasteiger partial charge in [0.2, 0.25) is 11.6 Å². The zero-order valence-corrected chi connectivity index (χ0v) is 15.9. The predicted octanol–water partition coefficient (Wildman–Crippen LogP) is 5.10. The van der Waals surface area contributed by atoms with Gasteiger partial charge in [0.15, 0.2) is 5.13 Å². The third-order valence-electron chi connectivity index (χ3n) is 4.38. The van der Waals surface area contributed by atoms with E-state index in [4.69, 9.17) is 0 Å². The van der Waals surface area contributed by atoms with Gasteiger partial charge in [0.1, 0.15) is 6.33 Å². The molecule has 0 unspecified atom stereocenters. The Kier molecular flexibility index (Phi) is 4.58. The van der Waals surface area contributed by atoms with Gasteiger partial charge in [0.25, 0.3) is 0 Å². The molecule has 0 spiro atoms. The van der Waals surface area contributed by atoms with Crippen LogP contribution >= 0.6 is 11.3 Å². The molecule has 0 radical (unpaired) electrons. The van der Waals surface area contributed by atoms with E-state index in [0.29, 0.717) is 5.13 Å². The van der Waals surface area contributed by atoms with Gasteiger partial charge in [-0.15, -0.1) is 0 Å². The fraction of sp³-hybridized carbons (Fsp3) is 0.105. The summed E-state index contributed by atoms with van der Waals surface area (Å²) in [6.07, 6.45) is 1.29. The maximum Gasteiger partial charge on any atom is 0.353 e. The number of hydrogen-bond acceptors (Lipinski definition) is 8. The van der Waals surface area contributed by atoms with Crippen LogP contribution < -0.4 is 10.6 Å². The molecule has 140 valence electrons. The van der Waals surface area contributed by atoms with Crippen molar-refractivity contribution in [2.24, 2.45) is 0 Å². The van der Waals surface area contributed by atoms with Crippen LogP contribution in [-0.4, -0.2) is 19.9 Å². The summed E-state index contributed by atoms with van der Waals surface area (Å²) in [5, 5.41) is 18.3. The molecule has 9 heteroatoms. The van der Waals surface area contributed by atoms with Crippen molar-refractivity contribution in [3.05, 3.63) is 70.0 Å². The van der Waals surface area contributed by atoms with Crippen LogP contribution in [0.15, 0.2) is 48.8 Å². The number of fused-ring (bicyclic) bond motifs is 1. The van der Waals surface area contributed by atoms with Gasteiger partial charge in [-0.1, -0.05) is 35.6 Å². The maximum absolute atomic E-state index is 11.8. The number of aromatic nitrogens is 3. The molecule has 0 fully saturated rings. The highest BCUT2D eigenvalue weighted by molar-refractivity contribution is 7.22. The minimum absolute atomic E-state index is 0.0897. The Bertz CT molecular complexity index is 1160. The van der Waals surface area contributed by atoms with Gasteiger partial charge >= 0.3 is 5.69 Å². The summed E-state index contributed by atoms with van der Waals surface area (Å²) < 4.78 is 0.982. The summed E-state index contributed by atoms with van der Waals surface area (Å²) >= 11 is 1.40. The van der Waals surface area contributed by atoms with E-state index in [1.165, 1.54) is 17.7 Å². The Hall–Kier alpha value is -3.59. The monoisotopic (exact) mass is 392 g/mol. The quantitative estimate of drug-likeness (QED) is 0.359. The SMILES string of the molecule is Cc1cccc(Nc2ncnc(Nc3nc4ccccc4s3)c2[N+](=O)[O-])c1C. The molecule has 0 saturated carbocycles. The Balaban J connectivity index is 1.73. The molecule has 2 N–H and O–H groups in total. The molecule has 0 aliphatic carbocycles. The zero-order chi connectivity index (χ0) is 19.7. The lowest BCUT2D eigenvalue weighted by Crippen LogP contribution is -2.06. The zero-order valence-electron chi connectivity index (χ0n) is 15.1. The number of aryl methyl sites for hydroxylation is 1. The van der Waals surface area contributed by atoms with Crippen molar-refractivity contribution < 1.29 is 4.92 Å². The average molecular weight is 392 g/mol. The van der Waals surface area contributed by atoms with Crippen LogP contribution in [0.4, 0.5) is 28.1 Å². The van der Waals surface area contributed by atoms with Crippen molar-refractivity contribution in [3.8, 4) is 0 Å². The molecule has 0 aliphatic heterocycles. The molecule has 8 nitrogen and oxygen atoms in total. The van der Waals surface area contributed by atoms with Gasteiger partial charge in [0, 0.05) is 5.69 Å². The minimum Gasteiger partial charge on any atom is -0.334 e. The first-order chi connectivity index (χ1) is 13.5. The van der Waals surface area contributed by atoms with Crippen molar-refractivity contribution in [1.82, 2.24) is 15.0 Å². The Labute approximate surface area is 164 Å². The van der Waals surface area contributed by atoms with Crippen molar-refractivity contribution in [2.45, 2.75) is 13.8 Å². The lowest BCUT2D eigenvalue weighted by Gasteiger charge is -2.12. The first-order valence-corrected chi connectivity index (χ1v) is 9.30. The smallest absolute Gasteiger partial charge is 0.334 e. The molecule has 2 aromatic carbocycles. The first kappa shape index (κ1) is 17.8. The number of nitro groups is 1. The van der Waals surface area contributed by atoms with Gasteiger partial charge < -0.3 is 10.6 Å². The maximum atomic E-state index is 11.8. The second-order valence-corrected chi connectivity index (χ2v) is 7.19. The van der Waals surface area contributed by atoms with Gasteiger partial charge in [0.05, 0.1) is 15.1 Å². The highest BCUT2D eigenvalue weighted by atomic mass is 32.1. The highest BCUT2D eigenvalue weighted by Crippen LogP contribution is 2.35. The van der Waals surface area contributed by atoms with Crippen molar-refractivity contribution >= 4 is 49.7 Å². The minimum atomic E-state index is -0.497. The van der Waals surface area contributed by atoms with Crippen LogP contribution in [0.2, 0.25) is 0 Å². The van der Waals surface area contributed by atoms with Gasteiger partial charge in [-0.2, -0.15) is 0 Å². The average Bonchev–Trinajstić information content (AvgIpc) is 3.07. The third-order valence-corrected chi connectivity index (χ3v) is 5.33. The van der Waals surface area contributed by atoms with Crippen molar-refractivity contribution in [2.75, 3.05) is 10.6 Å². The second-order valence-electron chi connectivity index (χ2n) is 6.16. The van der Waals surface area contributed by atoms with Crippen molar-refractivity contribution in [1.29, 1.82) is 0 Å². The fourth-order valence-electron chi connectivity index (χ4n) is 2.78. The van der Waals surface area contributed by atoms with E-state index in [1.807, 2.05) is 56.3 Å². The van der Waals surface area contributed by atoms with Crippen LogP contribution in [0, 0.1) is 24.0 Å². The molecular formula is C19H16N6O2S.